The van der Waals surface area contributed by atoms with Crippen LogP contribution in [0.2, 0.25) is 5.02 Å². The molecule has 2 aliphatic rings. The van der Waals surface area contributed by atoms with Crippen molar-refractivity contribution in [2.75, 3.05) is 33.5 Å². The summed E-state index contributed by atoms with van der Waals surface area (Å²) in [6.07, 6.45) is -0.207. The van der Waals surface area contributed by atoms with Gasteiger partial charge in [0.2, 0.25) is 5.91 Å². The van der Waals surface area contributed by atoms with E-state index in [1.54, 1.807) is 38.1 Å². The minimum Gasteiger partial charge on any atom is -0.480 e. The molecule has 1 aromatic carbocycles. The maximum atomic E-state index is 12.9. The molecule has 2 heterocycles. The van der Waals surface area contributed by atoms with E-state index in [1.807, 2.05) is 5.32 Å². The van der Waals surface area contributed by atoms with Gasteiger partial charge in [-0.3, -0.25) is 10.1 Å². The van der Waals surface area contributed by atoms with Gasteiger partial charge in [-0.2, -0.15) is 0 Å². The van der Waals surface area contributed by atoms with Gasteiger partial charge in [0.1, 0.15) is 6.04 Å². The number of methoxy groups -OCH3 is 1. The Bertz CT molecular complexity index is 1170. The number of ether oxygens (including phenoxy) is 3. The molecular weight excluding hydrogens is 536 g/mol. The number of carboxylic acid groups (broad SMARTS) is 1. The van der Waals surface area contributed by atoms with Gasteiger partial charge in [0.05, 0.1) is 56.1 Å². The number of nitrogens with two attached hydrogens (primary N) is 1. The molecule has 3 rings (SSSR count). The van der Waals surface area contributed by atoms with Crippen molar-refractivity contribution in [1.29, 1.82) is 0 Å². The van der Waals surface area contributed by atoms with Gasteiger partial charge in [-0.15, -0.1) is 0 Å². The molecule has 14 heteroatoms. The fourth-order valence-corrected chi connectivity index (χ4v) is 4.12. The van der Waals surface area contributed by atoms with Gasteiger partial charge in [0, 0.05) is 17.3 Å². The molecule has 13 nitrogen and oxygen atoms in total. The highest BCUT2D eigenvalue weighted by atomic mass is 35.5. The first-order valence-electron chi connectivity index (χ1n) is 11.9. The Kier molecular flexibility index (Phi) is 11.9. The molecule has 2 unspecified atom stereocenters. The van der Waals surface area contributed by atoms with Crippen molar-refractivity contribution in [1.82, 2.24) is 16.0 Å². The van der Waals surface area contributed by atoms with Gasteiger partial charge in [0.25, 0.3) is 0 Å². The number of nitrogens with one attached hydrogen (secondary N) is 3. The third-order valence-electron chi connectivity index (χ3n) is 5.52. The molecule has 0 spiro atoms. The fourth-order valence-electron chi connectivity index (χ4n) is 3.88. The zero-order chi connectivity index (χ0) is 29.1. The number of carbonyl (C=O) groups excluding carboxylic acids is 4. The lowest BCUT2D eigenvalue weighted by molar-refractivity contribution is -0.142. The van der Waals surface area contributed by atoms with E-state index >= 15 is 0 Å². The minimum atomic E-state index is -1.20. The number of amides is 3. The molecule has 1 fully saturated rings. The van der Waals surface area contributed by atoms with Crippen molar-refractivity contribution < 1.29 is 43.3 Å². The van der Waals surface area contributed by atoms with Gasteiger partial charge in [-0.05, 0) is 25.5 Å². The van der Waals surface area contributed by atoms with E-state index < -0.39 is 41.8 Å². The molecule has 39 heavy (non-hydrogen) atoms. The predicted octanol–water partition coefficient (Wildman–Crippen LogP) is 0.935. The van der Waals surface area contributed by atoms with Gasteiger partial charge in [-0.25, -0.2) is 19.2 Å². The van der Waals surface area contributed by atoms with Crippen molar-refractivity contribution >= 4 is 41.4 Å². The van der Waals surface area contributed by atoms with Crippen molar-refractivity contribution in [3.63, 3.8) is 0 Å². The highest BCUT2D eigenvalue weighted by molar-refractivity contribution is 6.31. The number of dihydropyridines is 1. The first-order chi connectivity index (χ1) is 18.5. The Morgan fingerprint density at radius 3 is 2.38 bits per heavy atom. The Morgan fingerprint density at radius 2 is 1.82 bits per heavy atom. The second-order valence-electron chi connectivity index (χ2n) is 8.18. The monoisotopic (exact) mass is 566 g/mol. The Labute approximate surface area is 229 Å². The average molecular weight is 567 g/mol. The lowest BCUT2D eigenvalue weighted by Gasteiger charge is -2.31. The van der Waals surface area contributed by atoms with E-state index in [9.17, 15) is 24.0 Å². The van der Waals surface area contributed by atoms with Crippen LogP contribution in [0.25, 0.3) is 0 Å². The number of allylic oxidation sites excluding steroid dienone is 1. The number of hydrogen-bond donors (Lipinski definition) is 5. The van der Waals surface area contributed by atoms with E-state index in [1.165, 1.54) is 7.11 Å². The van der Waals surface area contributed by atoms with Crippen LogP contribution in [0.4, 0.5) is 4.79 Å². The summed E-state index contributed by atoms with van der Waals surface area (Å²) in [6.45, 7) is 4.42. The SMILES string of the molecule is CCOC(=O)C1=C(COCCN)NC(C)=C(C(=O)OC)C1c1ccccc1Cl.O=C1CC(C(=O)O)NC(=O)N1. The maximum absolute atomic E-state index is 12.9. The van der Waals surface area contributed by atoms with E-state index in [0.29, 0.717) is 40.7 Å². The zero-order valence-corrected chi connectivity index (χ0v) is 22.4. The number of urea groups is 1. The molecule has 2 aliphatic heterocycles. The van der Waals surface area contributed by atoms with E-state index in [-0.39, 0.29) is 25.2 Å². The van der Waals surface area contributed by atoms with Crippen molar-refractivity contribution in [2.24, 2.45) is 5.73 Å². The number of halogens is 1. The fraction of sp³-hybridized carbons (Fsp3) is 0.400. The van der Waals surface area contributed by atoms with E-state index in [4.69, 9.17) is 36.7 Å². The number of rotatable bonds is 9. The highest BCUT2D eigenvalue weighted by Crippen LogP contribution is 2.41. The second kappa shape index (κ2) is 14.9. The second-order valence-corrected chi connectivity index (χ2v) is 8.59. The molecule has 0 aliphatic carbocycles. The van der Waals surface area contributed by atoms with E-state index in [0.717, 1.165) is 0 Å². The van der Waals surface area contributed by atoms with Gasteiger partial charge in [-0.1, -0.05) is 29.8 Å². The smallest absolute Gasteiger partial charge is 0.336 e. The third-order valence-corrected chi connectivity index (χ3v) is 5.86. The van der Waals surface area contributed by atoms with Crippen molar-refractivity contribution in [3.8, 4) is 0 Å². The Balaban J connectivity index is 0.000000404. The first kappa shape index (κ1) is 31.3. The van der Waals surface area contributed by atoms with Crippen LogP contribution in [0.5, 0.6) is 0 Å². The van der Waals surface area contributed by atoms with Gasteiger partial charge in [0.15, 0.2) is 0 Å². The summed E-state index contributed by atoms with van der Waals surface area (Å²) in [5.74, 6) is -3.63. The van der Waals surface area contributed by atoms with Gasteiger partial charge < -0.3 is 35.7 Å². The number of imide groups is 1. The number of hydrogen-bond acceptors (Lipinski definition) is 10. The zero-order valence-electron chi connectivity index (χ0n) is 21.7. The quantitative estimate of drug-likeness (QED) is 0.211. The minimum absolute atomic E-state index is 0.109. The summed E-state index contributed by atoms with van der Waals surface area (Å²) < 4.78 is 15.8. The summed E-state index contributed by atoms with van der Waals surface area (Å²) in [4.78, 5) is 56.7. The normalized spacial score (nSPS) is 18.7. The number of carbonyl (C=O) groups is 5. The van der Waals surface area contributed by atoms with Crippen LogP contribution in [0.15, 0.2) is 46.8 Å². The third kappa shape index (κ3) is 8.27. The topological polar surface area (TPSA) is 195 Å². The van der Waals surface area contributed by atoms with Crippen molar-refractivity contribution in [2.45, 2.75) is 32.2 Å². The van der Waals surface area contributed by atoms with Crippen LogP contribution >= 0.6 is 11.6 Å². The number of esters is 2. The lowest BCUT2D eigenvalue weighted by Crippen LogP contribution is -2.55. The lowest BCUT2D eigenvalue weighted by atomic mass is 9.80. The molecule has 0 saturated carbocycles. The molecule has 0 radical (unpaired) electrons. The van der Waals surface area contributed by atoms with Crippen LogP contribution < -0.4 is 21.7 Å². The molecule has 1 saturated heterocycles. The molecule has 212 valence electrons. The van der Waals surface area contributed by atoms with Crippen LogP contribution in [0.1, 0.15) is 31.7 Å². The number of aliphatic carboxylic acids is 1. The first-order valence-corrected chi connectivity index (χ1v) is 12.2. The summed E-state index contributed by atoms with van der Waals surface area (Å²) in [5, 5.41) is 15.9. The van der Waals surface area contributed by atoms with Crippen LogP contribution in [0.3, 0.4) is 0 Å². The standard InChI is InChI=1S/C20H25ClN2O5.C5H6N2O4/c1-4-28-20(25)18-15(11-27-10-9-22)23-12(2)16(19(24)26-3)17(18)13-7-5-6-8-14(13)21;8-3-1-2(4(9)10)6-5(11)7-3/h5-8,17,23H,4,9-11,22H2,1-3H3;2H,1H2,(H,9,10)(H2,6,7,8,11). The summed E-state index contributed by atoms with van der Waals surface area (Å²) in [5.41, 5.74) is 7.70. The molecular formula is C25H31ClN4O9. The average Bonchev–Trinajstić information content (AvgIpc) is 2.88. The maximum Gasteiger partial charge on any atom is 0.336 e. The number of benzene rings is 1. The molecule has 0 bridgehead atoms. The highest BCUT2D eigenvalue weighted by Gasteiger charge is 2.39. The van der Waals surface area contributed by atoms with Crippen molar-refractivity contribution in [3.05, 3.63) is 57.4 Å². The molecule has 0 aromatic heterocycles. The summed E-state index contributed by atoms with van der Waals surface area (Å²) in [6, 6.07) is 5.20. The molecule has 6 N–H and O–H groups in total. The van der Waals surface area contributed by atoms with E-state index in [2.05, 4.69) is 10.6 Å². The summed E-state index contributed by atoms with van der Waals surface area (Å²) >= 11 is 6.42. The van der Waals surface area contributed by atoms with Crippen LogP contribution in [0, 0.1) is 0 Å². The van der Waals surface area contributed by atoms with Crippen LogP contribution in [-0.2, 0) is 33.4 Å². The van der Waals surface area contributed by atoms with Gasteiger partial charge >= 0.3 is 23.9 Å². The number of carboxylic acids is 1. The van der Waals surface area contributed by atoms with Crippen LogP contribution in [-0.4, -0.2) is 74.5 Å². The largest absolute Gasteiger partial charge is 0.480 e. The molecule has 3 amide bonds. The Morgan fingerprint density at radius 1 is 1.13 bits per heavy atom. The Hall–Kier alpha value is -3.94. The predicted molar refractivity (Wildman–Crippen MR) is 138 cm³/mol. The molecule has 2 atom stereocenters. The summed E-state index contributed by atoms with van der Waals surface area (Å²) in [7, 11) is 1.29. The molecule has 1 aromatic rings.